The number of hydrogen-bond acceptors (Lipinski definition) is 8. The summed E-state index contributed by atoms with van der Waals surface area (Å²) in [6, 6.07) is 11.9. The Morgan fingerprint density at radius 2 is 1.94 bits per heavy atom. The second-order valence-electron chi connectivity index (χ2n) is 7.78. The van der Waals surface area contributed by atoms with Crippen molar-refractivity contribution in [3.63, 3.8) is 0 Å². The fraction of sp³-hybridized carbons (Fsp3) is 0.318. The zero-order valence-electron chi connectivity index (χ0n) is 17.4. The first-order valence-electron chi connectivity index (χ1n) is 10.3. The van der Waals surface area contributed by atoms with Gasteiger partial charge in [-0.15, -0.1) is 0 Å². The number of aryl methyl sites for hydroxylation is 1. The smallest absolute Gasteiger partial charge is 0.164 e. The van der Waals surface area contributed by atoms with E-state index in [0.29, 0.717) is 28.4 Å². The average molecular weight is 453 g/mol. The normalized spacial score (nSPS) is 23.2. The summed E-state index contributed by atoms with van der Waals surface area (Å²) in [6.07, 6.45) is 1.62. The van der Waals surface area contributed by atoms with E-state index in [2.05, 4.69) is 27.2 Å². The van der Waals surface area contributed by atoms with Gasteiger partial charge in [0.05, 0.1) is 23.4 Å². The number of benzene rings is 1. The van der Waals surface area contributed by atoms with Crippen molar-refractivity contribution in [1.29, 1.82) is 0 Å². The molecule has 10 heteroatoms. The van der Waals surface area contributed by atoms with Gasteiger partial charge in [0, 0.05) is 30.3 Å². The number of fused-ring (bicyclic) bond motifs is 1. The van der Waals surface area contributed by atoms with E-state index in [1.54, 1.807) is 28.6 Å². The average Bonchev–Trinajstić information content (AvgIpc) is 3.47. The van der Waals surface area contributed by atoms with Crippen molar-refractivity contribution in [2.24, 2.45) is 7.05 Å². The molecule has 1 aromatic carbocycles. The molecule has 4 atom stereocenters. The SMILES string of the molecule is Cn1ncc(-c2ccccc2)c1CSC[C@H]1O[C@@H](n2ccc3c(N)ncnc32)[C@H](O)[C@@H]1O. The van der Waals surface area contributed by atoms with Crippen molar-refractivity contribution in [1.82, 2.24) is 24.3 Å². The first-order valence-corrected chi connectivity index (χ1v) is 11.4. The van der Waals surface area contributed by atoms with Gasteiger partial charge in [-0.25, -0.2) is 9.97 Å². The van der Waals surface area contributed by atoms with E-state index in [1.807, 2.05) is 36.1 Å². The number of nitrogens with zero attached hydrogens (tertiary/aromatic N) is 5. The number of aromatic nitrogens is 5. The van der Waals surface area contributed by atoms with Gasteiger partial charge >= 0.3 is 0 Å². The summed E-state index contributed by atoms with van der Waals surface area (Å²) in [5, 5.41) is 26.4. The maximum absolute atomic E-state index is 10.7. The first-order chi connectivity index (χ1) is 15.5. The number of ether oxygens (including phenoxy) is 1. The van der Waals surface area contributed by atoms with E-state index in [4.69, 9.17) is 10.5 Å². The molecule has 4 N–H and O–H groups in total. The van der Waals surface area contributed by atoms with E-state index in [9.17, 15) is 10.2 Å². The lowest BCUT2D eigenvalue weighted by Crippen LogP contribution is -2.32. The Hall–Kier alpha value is -2.92. The third kappa shape index (κ3) is 3.65. The lowest BCUT2D eigenvalue weighted by atomic mass is 10.1. The van der Waals surface area contributed by atoms with Crippen LogP contribution in [0.25, 0.3) is 22.2 Å². The highest BCUT2D eigenvalue weighted by Crippen LogP contribution is 2.35. The van der Waals surface area contributed by atoms with E-state index >= 15 is 0 Å². The molecule has 166 valence electrons. The van der Waals surface area contributed by atoms with Gasteiger partial charge in [0.15, 0.2) is 6.23 Å². The molecule has 0 bridgehead atoms. The molecule has 0 aliphatic carbocycles. The van der Waals surface area contributed by atoms with Crippen molar-refractivity contribution >= 4 is 28.6 Å². The number of aliphatic hydroxyl groups excluding tert-OH is 2. The molecule has 4 heterocycles. The number of thioether (sulfide) groups is 1. The van der Waals surface area contributed by atoms with Crippen LogP contribution in [0.2, 0.25) is 0 Å². The van der Waals surface area contributed by atoms with Gasteiger partial charge in [-0.05, 0) is 11.6 Å². The topological polar surface area (TPSA) is 124 Å². The van der Waals surface area contributed by atoms with Gasteiger partial charge in [0.25, 0.3) is 0 Å². The Morgan fingerprint density at radius 1 is 1.12 bits per heavy atom. The third-order valence-corrected chi connectivity index (χ3v) is 6.86. The predicted octanol–water partition coefficient (Wildman–Crippen LogP) is 1.97. The van der Waals surface area contributed by atoms with Crippen LogP contribution in [0.3, 0.4) is 0 Å². The van der Waals surface area contributed by atoms with E-state index < -0.39 is 24.5 Å². The van der Waals surface area contributed by atoms with Crippen LogP contribution < -0.4 is 5.73 Å². The van der Waals surface area contributed by atoms with Crippen LogP contribution in [0.4, 0.5) is 5.82 Å². The van der Waals surface area contributed by atoms with E-state index in [0.717, 1.165) is 16.8 Å². The molecule has 32 heavy (non-hydrogen) atoms. The Labute approximate surface area is 188 Å². The molecule has 1 aliphatic heterocycles. The molecule has 9 nitrogen and oxygen atoms in total. The maximum atomic E-state index is 10.7. The van der Waals surface area contributed by atoms with Crippen LogP contribution in [-0.4, -0.2) is 58.6 Å². The zero-order valence-corrected chi connectivity index (χ0v) is 18.3. The molecule has 0 radical (unpaired) electrons. The lowest BCUT2D eigenvalue weighted by molar-refractivity contribution is -0.0285. The fourth-order valence-electron chi connectivity index (χ4n) is 4.06. The van der Waals surface area contributed by atoms with Gasteiger partial charge in [-0.1, -0.05) is 30.3 Å². The molecule has 0 spiro atoms. The Morgan fingerprint density at radius 3 is 2.75 bits per heavy atom. The molecule has 1 aliphatic rings. The Bertz CT molecular complexity index is 1230. The van der Waals surface area contributed by atoms with Crippen LogP contribution in [0, 0.1) is 0 Å². The van der Waals surface area contributed by atoms with Crippen LogP contribution >= 0.6 is 11.8 Å². The molecule has 1 fully saturated rings. The van der Waals surface area contributed by atoms with Crippen molar-refractivity contribution in [3.05, 3.63) is 60.8 Å². The third-order valence-electron chi connectivity index (χ3n) is 5.82. The highest BCUT2D eigenvalue weighted by Gasteiger charge is 2.44. The summed E-state index contributed by atoms with van der Waals surface area (Å²) in [4.78, 5) is 8.25. The first kappa shape index (κ1) is 21.0. The number of aliphatic hydroxyl groups is 2. The minimum absolute atomic E-state index is 0.360. The molecule has 4 aromatic rings. The minimum Gasteiger partial charge on any atom is -0.387 e. The number of nitrogens with two attached hydrogens (primary N) is 1. The van der Waals surface area contributed by atoms with Crippen molar-refractivity contribution in [3.8, 4) is 11.1 Å². The second kappa shape index (κ2) is 8.55. The molecule has 3 aromatic heterocycles. The number of anilines is 1. The van der Waals surface area contributed by atoms with Gasteiger partial charge in [0.1, 0.15) is 30.0 Å². The molecular weight excluding hydrogens is 428 g/mol. The maximum Gasteiger partial charge on any atom is 0.164 e. The van der Waals surface area contributed by atoms with Crippen LogP contribution in [0.15, 0.2) is 55.1 Å². The zero-order chi connectivity index (χ0) is 22.2. The lowest BCUT2D eigenvalue weighted by Gasteiger charge is -2.17. The molecule has 0 amide bonds. The van der Waals surface area contributed by atoms with Crippen molar-refractivity contribution in [2.75, 3.05) is 11.5 Å². The quantitative estimate of drug-likeness (QED) is 0.406. The highest BCUT2D eigenvalue weighted by atomic mass is 32.2. The van der Waals surface area contributed by atoms with Gasteiger partial charge < -0.3 is 25.3 Å². The molecular formula is C22H24N6O3S. The Balaban J connectivity index is 1.28. The molecule has 0 saturated carbocycles. The van der Waals surface area contributed by atoms with Gasteiger partial charge in [-0.3, -0.25) is 4.68 Å². The predicted molar refractivity (Wildman–Crippen MR) is 123 cm³/mol. The number of hydrogen-bond donors (Lipinski definition) is 3. The summed E-state index contributed by atoms with van der Waals surface area (Å²) in [6.45, 7) is 0. The summed E-state index contributed by atoms with van der Waals surface area (Å²) in [7, 11) is 1.92. The minimum atomic E-state index is -1.08. The molecule has 0 unspecified atom stereocenters. The van der Waals surface area contributed by atoms with Gasteiger partial charge in [0.2, 0.25) is 0 Å². The number of rotatable bonds is 6. The van der Waals surface area contributed by atoms with Crippen molar-refractivity contribution < 1.29 is 14.9 Å². The Kier molecular flexibility index (Phi) is 5.60. The van der Waals surface area contributed by atoms with Gasteiger partial charge in [-0.2, -0.15) is 16.9 Å². The summed E-state index contributed by atoms with van der Waals surface area (Å²) >= 11 is 1.63. The van der Waals surface area contributed by atoms with E-state index in [-0.39, 0.29) is 0 Å². The van der Waals surface area contributed by atoms with Crippen LogP contribution in [-0.2, 0) is 17.5 Å². The summed E-state index contributed by atoms with van der Waals surface area (Å²) in [5.74, 6) is 1.58. The number of nitrogen functional groups attached to an aromatic ring is 1. The van der Waals surface area contributed by atoms with E-state index in [1.165, 1.54) is 6.33 Å². The summed E-state index contributed by atoms with van der Waals surface area (Å²) < 4.78 is 9.63. The summed E-state index contributed by atoms with van der Waals surface area (Å²) in [5.41, 5.74) is 9.76. The molecule has 5 rings (SSSR count). The monoisotopic (exact) mass is 452 g/mol. The fourth-order valence-corrected chi connectivity index (χ4v) is 5.22. The molecule has 1 saturated heterocycles. The highest BCUT2D eigenvalue weighted by molar-refractivity contribution is 7.98. The van der Waals surface area contributed by atoms with Crippen molar-refractivity contribution in [2.45, 2.75) is 30.3 Å². The standard InChI is InChI=1S/C22H24N6O3S/c1-27-16(15(9-26-27)13-5-3-2-4-6-13)10-32-11-17-18(29)19(30)22(31-17)28-8-7-14-20(23)24-12-25-21(14)28/h2-9,12,17-19,22,29-30H,10-11H2,1H3,(H2,23,24,25)/t17-,18-,19-,22-/m1/s1. The van der Waals surface area contributed by atoms with Crippen LogP contribution in [0.1, 0.15) is 11.9 Å². The second-order valence-corrected chi connectivity index (χ2v) is 8.81. The van der Waals surface area contributed by atoms with Crippen LogP contribution in [0.5, 0.6) is 0 Å². The largest absolute Gasteiger partial charge is 0.387 e.